The molecular weight excluding hydrogens is 224 g/mol. The molecular formula is C13H23F2NO. The van der Waals surface area contributed by atoms with Crippen molar-refractivity contribution in [1.82, 2.24) is 4.98 Å². The summed E-state index contributed by atoms with van der Waals surface area (Å²) < 4.78 is 26.7. The van der Waals surface area contributed by atoms with E-state index in [1.165, 1.54) is 25.3 Å². The number of alkyl halides is 2. The largest absolute Gasteiger partial charge is 0.396 e. The molecule has 17 heavy (non-hydrogen) atoms. The molecule has 0 radical (unpaired) electrons. The van der Waals surface area contributed by atoms with E-state index in [0.29, 0.717) is 0 Å². The number of aliphatic hydroxyl groups excluding tert-OH is 1. The Kier molecular flexibility index (Phi) is 10.9. The van der Waals surface area contributed by atoms with Gasteiger partial charge in [-0.05, 0) is 12.1 Å². The fourth-order valence-electron chi connectivity index (χ4n) is 0.927. The maximum atomic E-state index is 13.3. The molecule has 1 rings (SSSR count). The summed E-state index contributed by atoms with van der Waals surface area (Å²) in [5.74, 6) is -4.17. The van der Waals surface area contributed by atoms with Crippen LogP contribution in [-0.4, -0.2) is 16.7 Å². The molecule has 0 bridgehead atoms. The van der Waals surface area contributed by atoms with E-state index in [1.54, 1.807) is 6.07 Å². The minimum absolute atomic E-state index is 0.295. The van der Waals surface area contributed by atoms with Gasteiger partial charge < -0.3 is 5.11 Å². The Bertz CT molecular complexity index is 265. The number of aromatic nitrogens is 1. The third kappa shape index (κ3) is 5.73. The molecule has 1 heterocycles. The highest BCUT2D eigenvalue weighted by Crippen LogP contribution is 2.33. The van der Waals surface area contributed by atoms with E-state index in [4.69, 9.17) is 5.11 Å². The molecule has 0 fully saturated rings. The van der Waals surface area contributed by atoms with Crippen LogP contribution in [0.2, 0.25) is 0 Å². The fourth-order valence-corrected chi connectivity index (χ4v) is 0.927. The quantitative estimate of drug-likeness (QED) is 0.880. The zero-order valence-corrected chi connectivity index (χ0v) is 11.2. The van der Waals surface area contributed by atoms with E-state index in [-0.39, 0.29) is 5.69 Å². The Morgan fingerprint density at radius 3 is 2.12 bits per heavy atom. The lowest BCUT2D eigenvalue weighted by Gasteiger charge is -2.20. The fraction of sp³-hybridized carbons (Fsp3) is 0.615. The van der Waals surface area contributed by atoms with E-state index in [2.05, 4.69) is 4.98 Å². The highest BCUT2D eigenvalue weighted by Gasteiger charge is 2.39. The molecule has 0 aromatic carbocycles. The van der Waals surface area contributed by atoms with Gasteiger partial charge in [0, 0.05) is 12.1 Å². The van der Waals surface area contributed by atoms with Gasteiger partial charge in [-0.3, -0.25) is 4.98 Å². The summed E-state index contributed by atoms with van der Waals surface area (Å²) >= 11 is 0. The number of aliphatic hydroxyl groups is 1. The molecule has 0 amide bonds. The Hall–Kier alpha value is -1.03. The van der Waals surface area contributed by atoms with Gasteiger partial charge in [0.15, 0.2) is 0 Å². The van der Waals surface area contributed by atoms with Crippen LogP contribution in [0.1, 0.15) is 40.3 Å². The zero-order chi connectivity index (χ0) is 13.9. The van der Waals surface area contributed by atoms with Gasteiger partial charge in [0.2, 0.25) is 0 Å². The molecule has 1 aromatic heterocycles. The predicted molar refractivity (Wildman–Crippen MR) is 67.1 cm³/mol. The van der Waals surface area contributed by atoms with Crippen molar-refractivity contribution in [1.29, 1.82) is 0 Å². The molecule has 1 N–H and O–H groups in total. The highest BCUT2D eigenvalue weighted by molar-refractivity contribution is 5.10. The predicted octanol–water partition coefficient (Wildman–Crippen LogP) is 3.85. The van der Waals surface area contributed by atoms with Gasteiger partial charge in [-0.2, -0.15) is 8.78 Å². The van der Waals surface area contributed by atoms with Crippen LogP contribution in [0.4, 0.5) is 8.78 Å². The molecule has 0 aliphatic rings. The summed E-state index contributed by atoms with van der Waals surface area (Å²) in [6.07, 6.45) is 1.31. The third-order valence-electron chi connectivity index (χ3n) is 1.90. The first-order chi connectivity index (χ1) is 8.09. The first-order valence-corrected chi connectivity index (χ1v) is 5.99. The standard InChI is InChI=1S/C9H11F2NO.2C2H6/c1-7(6-13)9(10,11)8-4-2-3-5-12-8;2*1-2/h2-5,7,13H,6H2,1H3;2*1-2H3. The van der Waals surface area contributed by atoms with Gasteiger partial charge in [-0.15, -0.1) is 0 Å². The minimum atomic E-state index is -3.06. The van der Waals surface area contributed by atoms with Crippen LogP contribution in [0.25, 0.3) is 0 Å². The molecule has 100 valence electrons. The van der Waals surface area contributed by atoms with Gasteiger partial charge in [0.05, 0.1) is 6.61 Å². The average molecular weight is 247 g/mol. The number of hydrogen-bond acceptors (Lipinski definition) is 2. The molecule has 2 nitrogen and oxygen atoms in total. The maximum Gasteiger partial charge on any atom is 0.294 e. The summed E-state index contributed by atoms with van der Waals surface area (Å²) in [6, 6.07) is 4.33. The second-order valence-electron chi connectivity index (χ2n) is 2.92. The SMILES string of the molecule is CC.CC.CC(CO)C(F)(F)c1ccccn1. The van der Waals surface area contributed by atoms with Crippen molar-refractivity contribution in [2.75, 3.05) is 6.61 Å². The highest BCUT2D eigenvalue weighted by atomic mass is 19.3. The molecule has 0 spiro atoms. The Labute approximate surface area is 103 Å². The second kappa shape index (κ2) is 10.1. The maximum absolute atomic E-state index is 13.3. The number of hydrogen-bond donors (Lipinski definition) is 1. The molecule has 0 saturated carbocycles. The van der Waals surface area contributed by atoms with Crippen molar-refractivity contribution >= 4 is 0 Å². The van der Waals surface area contributed by atoms with Crippen molar-refractivity contribution in [3.63, 3.8) is 0 Å². The van der Waals surface area contributed by atoms with E-state index in [0.717, 1.165) is 0 Å². The summed E-state index contributed by atoms with van der Waals surface area (Å²) in [4.78, 5) is 3.56. The van der Waals surface area contributed by atoms with Crippen molar-refractivity contribution in [2.45, 2.75) is 40.5 Å². The van der Waals surface area contributed by atoms with Crippen LogP contribution in [-0.2, 0) is 5.92 Å². The van der Waals surface area contributed by atoms with Crippen LogP contribution >= 0.6 is 0 Å². The van der Waals surface area contributed by atoms with Crippen molar-refractivity contribution in [2.24, 2.45) is 5.92 Å². The van der Waals surface area contributed by atoms with E-state index in [9.17, 15) is 8.78 Å². The monoisotopic (exact) mass is 247 g/mol. The van der Waals surface area contributed by atoms with Gasteiger partial charge in [0.1, 0.15) is 5.69 Å². The first-order valence-electron chi connectivity index (χ1n) is 5.99. The minimum Gasteiger partial charge on any atom is -0.396 e. The first kappa shape index (κ1) is 18.3. The van der Waals surface area contributed by atoms with Crippen molar-refractivity contribution in [3.05, 3.63) is 30.1 Å². The molecule has 0 aliphatic heterocycles. The van der Waals surface area contributed by atoms with Gasteiger partial charge in [0.25, 0.3) is 5.92 Å². The Balaban J connectivity index is 0. The number of pyridine rings is 1. The van der Waals surface area contributed by atoms with E-state index < -0.39 is 18.4 Å². The van der Waals surface area contributed by atoms with Gasteiger partial charge >= 0.3 is 0 Å². The number of nitrogens with zero attached hydrogens (tertiary/aromatic N) is 1. The molecule has 1 aromatic rings. The summed E-state index contributed by atoms with van der Waals surface area (Å²) in [5, 5.41) is 8.62. The normalized spacial score (nSPS) is 11.5. The molecule has 1 atom stereocenters. The molecule has 4 heteroatoms. The lowest BCUT2D eigenvalue weighted by Crippen LogP contribution is -2.27. The lowest BCUT2D eigenvalue weighted by atomic mass is 10.0. The van der Waals surface area contributed by atoms with Crippen LogP contribution in [0.15, 0.2) is 24.4 Å². The summed E-state index contributed by atoms with van der Waals surface area (Å²) in [5.41, 5.74) is -0.295. The van der Waals surface area contributed by atoms with Gasteiger partial charge in [-0.1, -0.05) is 40.7 Å². The average Bonchev–Trinajstić information content (AvgIpc) is 2.43. The van der Waals surface area contributed by atoms with Crippen LogP contribution in [0.5, 0.6) is 0 Å². The Morgan fingerprint density at radius 2 is 1.76 bits per heavy atom. The van der Waals surface area contributed by atoms with Crippen LogP contribution in [0.3, 0.4) is 0 Å². The van der Waals surface area contributed by atoms with Crippen LogP contribution in [0, 0.1) is 5.92 Å². The Morgan fingerprint density at radius 1 is 1.24 bits per heavy atom. The molecule has 1 unspecified atom stereocenters. The third-order valence-corrected chi connectivity index (χ3v) is 1.90. The van der Waals surface area contributed by atoms with Gasteiger partial charge in [-0.25, -0.2) is 0 Å². The van der Waals surface area contributed by atoms with Crippen LogP contribution < -0.4 is 0 Å². The second-order valence-corrected chi connectivity index (χ2v) is 2.92. The zero-order valence-electron chi connectivity index (χ0n) is 11.2. The van der Waals surface area contributed by atoms with Crippen molar-refractivity contribution in [3.8, 4) is 0 Å². The smallest absolute Gasteiger partial charge is 0.294 e. The topological polar surface area (TPSA) is 33.1 Å². The number of halogens is 2. The summed E-state index contributed by atoms with van der Waals surface area (Å²) in [6.45, 7) is 8.73. The van der Waals surface area contributed by atoms with E-state index in [1.807, 2.05) is 27.7 Å². The number of rotatable bonds is 3. The molecule has 0 saturated heterocycles. The van der Waals surface area contributed by atoms with E-state index >= 15 is 0 Å². The summed E-state index contributed by atoms with van der Waals surface area (Å²) in [7, 11) is 0. The lowest BCUT2D eigenvalue weighted by molar-refractivity contribution is -0.0788. The molecule has 0 aliphatic carbocycles. The van der Waals surface area contributed by atoms with Crippen molar-refractivity contribution < 1.29 is 13.9 Å².